The number of aliphatic hydroxyl groups is 2. The quantitative estimate of drug-likeness (QED) is 0.839. The average Bonchev–Trinajstić information content (AvgIpc) is 2.90. The molecule has 8 heteroatoms. The van der Waals surface area contributed by atoms with Crippen molar-refractivity contribution in [1.29, 1.82) is 0 Å². The highest BCUT2D eigenvalue weighted by molar-refractivity contribution is 9.10. The van der Waals surface area contributed by atoms with Crippen molar-refractivity contribution in [3.05, 3.63) is 26.9 Å². The Hall–Kier alpha value is -0.370. The Labute approximate surface area is 133 Å². The molecule has 0 radical (unpaired) electrons. The molecule has 1 aromatic heterocycles. The van der Waals surface area contributed by atoms with Gasteiger partial charge in [0.05, 0.1) is 33.8 Å². The van der Waals surface area contributed by atoms with Crippen LogP contribution >= 0.6 is 39.1 Å². The molecule has 0 unspecified atom stereocenters. The lowest BCUT2D eigenvalue weighted by atomic mass is 10.2. The lowest BCUT2D eigenvalue weighted by Gasteiger charge is -2.15. The van der Waals surface area contributed by atoms with Crippen molar-refractivity contribution in [3.8, 4) is 0 Å². The molecular formula is C12H11BrCl2N2O3. The Morgan fingerprint density at radius 1 is 1.40 bits per heavy atom. The van der Waals surface area contributed by atoms with Gasteiger partial charge < -0.3 is 14.9 Å². The Morgan fingerprint density at radius 3 is 2.75 bits per heavy atom. The van der Waals surface area contributed by atoms with E-state index >= 15 is 0 Å². The van der Waals surface area contributed by atoms with Crippen LogP contribution in [0.5, 0.6) is 0 Å². The van der Waals surface area contributed by atoms with Crippen molar-refractivity contribution in [2.45, 2.75) is 24.9 Å². The first-order valence-electron chi connectivity index (χ1n) is 5.98. The highest BCUT2D eigenvalue weighted by atomic mass is 79.9. The Morgan fingerprint density at radius 2 is 2.10 bits per heavy atom. The first-order valence-corrected chi connectivity index (χ1v) is 7.53. The van der Waals surface area contributed by atoms with Gasteiger partial charge in [0, 0.05) is 6.42 Å². The number of halogens is 3. The molecule has 3 rings (SSSR count). The third-order valence-electron chi connectivity index (χ3n) is 3.36. The third kappa shape index (κ3) is 2.34. The molecule has 1 fully saturated rings. The largest absolute Gasteiger partial charge is 0.394 e. The molecule has 1 aromatic carbocycles. The number of imidazole rings is 1. The van der Waals surface area contributed by atoms with E-state index in [2.05, 4.69) is 20.9 Å². The van der Waals surface area contributed by atoms with Crippen LogP contribution in [0.25, 0.3) is 11.0 Å². The van der Waals surface area contributed by atoms with Gasteiger partial charge in [0.15, 0.2) is 4.73 Å². The van der Waals surface area contributed by atoms with Crippen molar-refractivity contribution in [1.82, 2.24) is 9.55 Å². The Kier molecular flexibility index (Phi) is 3.96. The normalized spacial score (nSPS) is 26.6. The molecule has 20 heavy (non-hydrogen) atoms. The van der Waals surface area contributed by atoms with E-state index in [1.54, 1.807) is 16.7 Å². The van der Waals surface area contributed by atoms with Crippen molar-refractivity contribution >= 4 is 50.2 Å². The molecule has 0 aliphatic carbocycles. The highest BCUT2D eigenvalue weighted by Crippen LogP contribution is 2.36. The van der Waals surface area contributed by atoms with Crippen molar-refractivity contribution in [2.24, 2.45) is 0 Å². The molecule has 0 amide bonds. The average molecular weight is 382 g/mol. The van der Waals surface area contributed by atoms with Gasteiger partial charge in [-0.25, -0.2) is 4.98 Å². The second-order valence-electron chi connectivity index (χ2n) is 4.62. The first kappa shape index (κ1) is 14.6. The van der Waals surface area contributed by atoms with Crippen LogP contribution in [0, 0.1) is 0 Å². The third-order valence-corrected chi connectivity index (χ3v) is 4.64. The van der Waals surface area contributed by atoms with Crippen LogP contribution in [0.3, 0.4) is 0 Å². The number of aromatic nitrogens is 2. The Bertz CT molecular complexity index is 664. The van der Waals surface area contributed by atoms with E-state index < -0.39 is 18.4 Å². The number of aliphatic hydroxyl groups excluding tert-OH is 2. The van der Waals surface area contributed by atoms with E-state index in [4.69, 9.17) is 33.0 Å². The van der Waals surface area contributed by atoms with E-state index in [1.807, 2.05) is 0 Å². The topological polar surface area (TPSA) is 67.5 Å². The van der Waals surface area contributed by atoms with Gasteiger partial charge in [-0.2, -0.15) is 0 Å². The minimum absolute atomic E-state index is 0.228. The second-order valence-corrected chi connectivity index (χ2v) is 6.14. The molecule has 0 spiro atoms. The van der Waals surface area contributed by atoms with Crippen LogP contribution in [0.2, 0.25) is 10.0 Å². The molecule has 108 valence electrons. The van der Waals surface area contributed by atoms with Crippen LogP contribution in [-0.2, 0) is 4.74 Å². The van der Waals surface area contributed by atoms with Crippen molar-refractivity contribution in [3.63, 3.8) is 0 Å². The van der Waals surface area contributed by atoms with Crippen molar-refractivity contribution in [2.75, 3.05) is 6.61 Å². The standard InChI is InChI=1S/C12H11BrCl2N2O3/c13-12-16-7-1-5(14)6(15)2-8(7)17(12)11-3-9(19)10(4-18)20-11/h1-2,9-11,18-19H,3-4H2/t9-,10+,11+/m0/s1. The number of rotatable bonds is 2. The number of ether oxygens (including phenoxy) is 1. The van der Waals surface area contributed by atoms with Gasteiger partial charge in [-0.1, -0.05) is 23.2 Å². The van der Waals surface area contributed by atoms with Gasteiger partial charge in [0.2, 0.25) is 0 Å². The monoisotopic (exact) mass is 380 g/mol. The minimum Gasteiger partial charge on any atom is -0.394 e. The fraction of sp³-hybridized carbons (Fsp3) is 0.417. The number of benzene rings is 1. The smallest absolute Gasteiger partial charge is 0.180 e. The maximum atomic E-state index is 9.84. The maximum absolute atomic E-state index is 9.84. The minimum atomic E-state index is -0.711. The molecule has 0 bridgehead atoms. The lowest BCUT2D eigenvalue weighted by Crippen LogP contribution is -2.24. The van der Waals surface area contributed by atoms with E-state index in [9.17, 15) is 5.11 Å². The Balaban J connectivity index is 2.08. The van der Waals surface area contributed by atoms with Gasteiger partial charge in [0.25, 0.3) is 0 Å². The van der Waals surface area contributed by atoms with Crippen LogP contribution < -0.4 is 0 Å². The molecule has 3 atom stereocenters. The van der Waals surface area contributed by atoms with Crippen LogP contribution in [0.4, 0.5) is 0 Å². The summed E-state index contributed by atoms with van der Waals surface area (Å²) < 4.78 is 7.99. The zero-order chi connectivity index (χ0) is 14.4. The molecule has 2 heterocycles. The summed E-state index contributed by atoms with van der Waals surface area (Å²) in [6.07, 6.45) is -1.35. The molecular weight excluding hydrogens is 371 g/mol. The lowest BCUT2D eigenvalue weighted by molar-refractivity contribution is -0.0437. The number of hydrogen-bond donors (Lipinski definition) is 2. The summed E-state index contributed by atoms with van der Waals surface area (Å²) in [7, 11) is 0. The van der Waals surface area contributed by atoms with Crippen molar-refractivity contribution < 1.29 is 14.9 Å². The molecule has 1 aliphatic rings. The van der Waals surface area contributed by atoms with Crippen LogP contribution in [-0.4, -0.2) is 38.6 Å². The molecule has 2 aromatic rings. The molecule has 1 saturated heterocycles. The van der Waals surface area contributed by atoms with Gasteiger partial charge >= 0.3 is 0 Å². The zero-order valence-electron chi connectivity index (χ0n) is 10.1. The second kappa shape index (κ2) is 5.44. The fourth-order valence-electron chi connectivity index (χ4n) is 2.37. The van der Waals surface area contributed by atoms with Crippen LogP contribution in [0.1, 0.15) is 12.6 Å². The summed E-state index contributed by atoms with van der Waals surface area (Å²) in [6, 6.07) is 3.38. The van der Waals surface area contributed by atoms with Gasteiger partial charge in [-0.05, 0) is 28.1 Å². The van der Waals surface area contributed by atoms with Gasteiger partial charge in [-0.15, -0.1) is 0 Å². The van der Waals surface area contributed by atoms with E-state index in [0.717, 1.165) is 5.52 Å². The SMILES string of the molecule is OC[C@H]1O[C@@H](n2c(Br)nc3cc(Cl)c(Cl)cc32)C[C@@H]1O. The molecule has 1 aliphatic heterocycles. The predicted molar refractivity (Wildman–Crippen MR) is 79.1 cm³/mol. The molecule has 5 nitrogen and oxygen atoms in total. The molecule has 0 saturated carbocycles. The summed E-state index contributed by atoms with van der Waals surface area (Å²) >= 11 is 15.4. The highest BCUT2D eigenvalue weighted by Gasteiger charge is 2.36. The number of hydrogen-bond acceptors (Lipinski definition) is 4. The first-order chi connectivity index (χ1) is 9.51. The maximum Gasteiger partial charge on any atom is 0.180 e. The summed E-state index contributed by atoms with van der Waals surface area (Å²) in [5.41, 5.74) is 1.43. The van der Waals surface area contributed by atoms with Gasteiger partial charge in [-0.3, -0.25) is 4.57 Å². The molecule has 2 N–H and O–H groups in total. The number of fused-ring (bicyclic) bond motifs is 1. The van der Waals surface area contributed by atoms with E-state index in [-0.39, 0.29) is 6.61 Å². The zero-order valence-corrected chi connectivity index (χ0v) is 13.2. The van der Waals surface area contributed by atoms with Crippen LogP contribution in [0.15, 0.2) is 16.9 Å². The summed E-state index contributed by atoms with van der Waals surface area (Å²) in [5.74, 6) is 0. The number of nitrogens with zero attached hydrogens (tertiary/aromatic N) is 2. The van der Waals surface area contributed by atoms with Gasteiger partial charge in [0.1, 0.15) is 12.3 Å². The van der Waals surface area contributed by atoms with E-state index in [1.165, 1.54) is 0 Å². The summed E-state index contributed by atoms with van der Waals surface area (Å²) in [5, 5.41) is 19.8. The fourth-order valence-corrected chi connectivity index (χ4v) is 3.30. The predicted octanol–water partition coefficient (Wildman–Crippen LogP) is 2.75. The summed E-state index contributed by atoms with van der Waals surface area (Å²) in [6.45, 7) is -0.228. The van der Waals surface area contributed by atoms with E-state index in [0.29, 0.717) is 26.7 Å². The summed E-state index contributed by atoms with van der Waals surface area (Å²) in [4.78, 5) is 4.35.